The molecule has 0 fully saturated rings. The molecule has 0 saturated heterocycles. The number of aryl methyl sites for hydroxylation is 1. The number of benzene rings is 1. The van der Waals surface area contributed by atoms with Crippen molar-refractivity contribution in [3.63, 3.8) is 0 Å². The Bertz CT molecular complexity index is 642. The van der Waals surface area contributed by atoms with Crippen molar-refractivity contribution < 1.29 is 4.74 Å². The van der Waals surface area contributed by atoms with Crippen molar-refractivity contribution in [1.29, 1.82) is 0 Å². The van der Waals surface area contributed by atoms with E-state index in [1.807, 2.05) is 42.8 Å². The molecule has 0 spiro atoms. The second kappa shape index (κ2) is 3.62. The summed E-state index contributed by atoms with van der Waals surface area (Å²) in [4.78, 5) is 12.3. The Hall–Kier alpha value is -1.77. The molecular formula is C14H15NO2. The molecule has 0 N–H and O–H groups in total. The molecule has 1 aromatic carbocycles. The lowest BCUT2D eigenvalue weighted by atomic mass is 10.0. The van der Waals surface area contributed by atoms with E-state index in [-0.39, 0.29) is 11.5 Å². The number of ether oxygens (including phenoxy) is 1. The number of aromatic nitrogens is 1. The maximum atomic E-state index is 12.3. The van der Waals surface area contributed by atoms with E-state index in [9.17, 15) is 4.79 Å². The summed E-state index contributed by atoms with van der Waals surface area (Å²) >= 11 is 0. The standard InChI is InChI=1S/C14H15NO2/c1-9-7-8-11-13(16)10-5-3-4-6-12(10)15(2)14(11)17-9/h3-6,9H,7-8H2,1-2H3/t9-/m1/s1. The van der Waals surface area contributed by atoms with Gasteiger partial charge in [0, 0.05) is 12.4 Å². The highest BCUT2D eigenvalue weighted by Crippen LogP contribution is 2.27. The van der Waals surface area contributed by atoms with Gasteiger partial charge in [0.1, 0.15) is 0 Å². The molecule has 3 nitrogen and oxygen atoms in total. The number of nitrogens with zero attached hydrogens (tertiary/aromatic N) is 1. The van der Waals surface area contributed by atoms with Crippen LogP contribution in [0, 0.1) is 0 Å². The topological polar surface area (TPSA) is 31.2 Å². The molecule has 2 aromatic rings. The molecule has 3 rings (SSSR count). The molecule has 1 atom stereocenters. The molecule has 2 heterocycles. The van der Waals surface area contributed by atoms with E-state index < -0.39 is 0 Å². The molecule has 1 aliphatic rings. The number of hydrogen-bond acceptors (Lipinski definition) is 2. The van der Waals surface area contributed by atoms with Crippen molar-refractivity contribution in [3.05, 3.63) is 40.1 Å². The highest BCUT2D eigenvalue weighted by Gasteiger charge is 2.22. The van der Waals surface area contributed by atoms with Gasteiger partial charge in [0.25, 0.3) is 0 Å². The third-order valence-corrected chi connectivity index (χ3v) is 3.46. The maximum Gasteiger partial charge on any atom is 0.201 e. The van der Waals surface area contributed by atoms with Crippen molar-refractivity contribution in [2.75, 3.05) is 0 Å². The highest BCUT2D eigenvalue weighted by molar-refractivity contribution is 5.80. The first-order chi connectivity index (χ1) is 8.18. The van der Waals surface area contributed by atoms with Gasteiger partial charge in [-0.25, -0.2) is 0 Å². The van der Waals surface area contributed by atoms with Crippen LogP contribution < -0.4 is 10.2 Å². The van der Waals surface area contributed by atoms with Crippen molar-refractivity contribution in [2.24, 2.45) is 7.05 Å². The van der Waals surface area contributed by atoms with Crippen LogP contribution in [0.3, 0.4) is 0 Å². The molecule has 17 heavy (non-hydrogen) atoms. The van der Waals surface area contributed by atoms with Crippen molar-refractivity contribution in [3.8, 4) is 5.88 Å². The molecule has 0 amide bonds. The van der Waals surface area contributed by atoms with Crippen LogP contribution in [-0.4, -0.2) is 10.7 Å². The van der Waals surface area contributed by atoms with Gasteiger partial charge >= 0.3 is 0 Å². The van der Waals surface area contributed by atoms with E-state index in [0.29, 0.717) is 0 Å². The first-order valence-corrected chi connectivity index (χ1v) is 5.95. The van der Waals surface area contributed by atoms with Crippen LogP contribution in [0.25, 0.3) is 10.9 Å². The van der Waals surface area contributed by atoms with Gasteiger partial charge in [0.2, 0.25) is 5.88 Å². The van der Waals surface area contributed by atoms with E-state index in [2.05, 4.69) is 0 Å². The summed E-state index contributed by atoms with van der Waals surface area (Å²) < 4.78 is 7.80. The van der Waals surface area contributed by atoms with E-state index >= 15 is 0 Å². The first kappa shape index (κ1) is 10.4. The number of rotatable bonds is 0. The first-order valence-electron chi connectivity index (χ1n) is 5.95. The summed E-state index contributed by atoms with van der Waals surface area (Å²) in [6.07, 6.45) is 1.92. The van der Waals surface area contributed by atoms with Gasteiger partial charge in [-0.3, -0.25) is 4.79 Å². The summed E-state index contributed by atoms with van der Waals surface area (Å²) in [5, 5.41) is 0.784. The Morgan fingerprint density at radius 3 is 2.94 bits per heavy atom. The van der Waals surface area contributed by atoms with Crippen LogP contribution in [0.2, 0.25) is 0 Å². The highest BCUT2D eigenvalue weighted by atomic mass is 16.5. The molecule has 1 aliphatic heterocycles. The molecule has 0 bridgehead atoms. The SMILES string of the molecule is C[C@@H]1CCc2c(n(C)c3ccccc3c2=O)O1. The lowest BCUT2D eigenvalue weighted by molar-refractivity contribution is 0.176. The van der Waals surface area contributed by atoms with Crippen LogP contribution in [-0.2, 0) is 13.5 Å². The second-order valence-corrected chi connectivity index (χ2v) is 4.66. The van der Waals surface area contributed by atoms with Gasteiger partial charge in [-0.05, 0) is 31.9 Å². The number of para-hydroxylation sites is 1. The molecular weight excluding hydrogens is 214 g/mol. The van der Waals surface area contributed by atoms with Gasteiger partial charge in [-0.1, -0.05) is 12.1 Å². The van der Waals surface area contributed by atoms with Gasteiger partial charge in [-0.15, -0.1) is 0 Å². The van der Waals surface area contributed by atoms with Gasteiger partial charge in [-0.2, -0.15) is 0 Å². The number of hydrogen-bond donors (Lipinski definition) is 0. The molecule has 0 saturated carbocycles. The van der Waals surface area contributed by atoms with Crippen LogP contribution in [0.1, 0.15) is 18.9 Å². The van der Waals surface area contributed by atoms with Crippen molar-refractivity contribution in [1.82, 2.24) is 4.57 Å². The fraction of sp³-hybridized carbons (Fsp3) is 0.357. The van der Waals surface area contributed by atoms with Crippen LogP contribution >= 0.6 is 0 Å². The smallest absolute Gasteiger partial charge is 0.201 e. The third kappa shape index (κ3) is 1.46. The van der Waals surface area contributed by atoms with Crippen LogP contribution in [0.5, 0.6) is 5.88 Å². The Kier molecular flexibility index (Phi) is 2.21. The summed E-state index contributed by atoms with van der Waals surface area (Å²) in [5.74, 6) is 0.743. The largest absolute Gasteiger partial charge is 0.476 e. The molecule has 88 valence electrons. The average molecular weight is 229 g/mol. The summed E-state index contributed by atoms with van der Waals surface area (Å²) in [5.41, 5.74) is 1.88. The van der Waals surface area contributed by atoms with E-state index in [4.69, 9.17) is 4.74 Å². The average Bonchev–Trinajstić information content (AvgIpc) is 2.36. The lowest BCUT2D eigenvalue weighted by Gasteiger charge is -2.25. The van der Waals surface area contributed by atoms with Crippen molar-refractivity contribution in [2.45, 2.75) is 25.9 Å². The second-order valence-electron chi connectivity index (χ2n) is 4.66. The van der Waals surface area contributed by atoms with Crippen LogP contribution in [0.4, 0.5) is 0 Å². The van der Waals surface area contributed by atoms with E-state index in [1.165, 1.54) is 0 Å². The Morgan fingerprint density at radius 1 is 1.35 bits per heavy atom. The molecule has 1 aromatic heterocycles. The van der Waals surface area contributed by atoms with Gasteiger partial charge < -0.3 is 9.30 Å². The fourth-order valence-corrected chi connectivity index (χ4v) is 2.50. The minimum Gasteiger partial charge on any atom is -0.476 e. The fourth-order valence-electron chi connectivity index (χ4n) is 2.50. The zero-order valence-corrected chi connectivity index (χ0v) is 10.1. The van der Waals surface area contributed by atoms with Crippen LogP contribution in [0.15, 0.2) is 29.1 Å². The minimum atomic E-state index is 0.126. The summed E-state index contributed by atoms with van der Waals surface area (Å²) in [7, 11) is 1.96. The molecule has 0 aliphatic carbocycles. The normalized spacial score (nSPS) is 18.8. The zero-order chi connectivity index (χ0) is 12.0. The summed E-state index contributed by atoms with van der Waals surface area (Å²) in [6, 6.07) is 7.69. The summed E-state index contributed by atoms with van der Waals surface area (Å²) in [6.45, 7) is 2.04. The monoisotopic (exact) mass is 229 g/mol. The molecule has 0 radical (unpaired) electrons. The Balaban J connectivity index is 2.42. The van der Waals surface area contributed by atoms with Gasteiger partial charge in [0.15, 0.2) is 5.43 Å². The quantitative estimate of drug-likeness (QED) is 0.693. The molecule has 3 heteroatoms. The number of pyridine rings is 1. The predicted molar refractivity (Wildman–Crippen MR) is 67.6 cm³/mol. The number of fused-ring (bicyclic) bond motifs is 2. The third-order valence-electron chi connectivity index (χ3n) is 3.46. The molecule has 0 unspecified atom stereocenters. The van der Waals surface area contributed by atoms with Gasteiger partial charge in [0.05, 0.1) is 17.2 Å². The Morgan fingerprint density at radius 2 is 2.12 bits per heavy atom. The van der Waals surface area contributed by atoms with E-state index in [1.54, 1.807) is 0 Å². The van der Waals surface area contributed by atoms with Crippen molar-refractivity contribution >= 4 is 10.9 Å². The minimum absolute atomic E-state index is 0.126. The van der Waals surface area contributed by atoms with E-state index in [0.717, 1.165) is 35.2 Å². The zero-order valence-electron chi connectivity index (χ0n) is 10.1. The maximum absolute atomic E-state index is 12.3. The lowest BCUT2D eigenvalue weighted by Crippen LogP contribution is -2.27. The Labute approximate surface area is 99.6 Å². The predicted octanol–water partition coefficient (Wildman–Crippen LogP) is 2.25.